The number of benzene rings is 1. The Morgan fingerprint density at radius 2 is 1.81 bits per heavy atom. The van der Waals surface area contributed by atoms with Gasteiger partial charge in [0, 0.05) is 18.4 Å². The van der Waals surface area contributed by atoms with Crippen LogP contribution in [0.4, 0.5) is 5.69 Å². The fraction of sp³-hybridized carbons (Fsp3) is 0.467. The van der Waals surface area contributed by atoms with Crippen LogP contribution in [-0.4, -0.2) is 7.05 Å². The van der Waals surface area contributed by atoms with Crippen molar-refractivity contribution in [2.75, 3.05) is 11.9 Å². The Kier molecular flexibility index (Phi) is 4.60. The van der Waals surface area contributed by atoms with Crippen molar-refractivity contribution in [3.8, 4) is 0 Å². The van der Waals surface area contributed by atoms with Crippen molar-refractivity contribution in [1.29, 1.82) is 0 Å². The summed E-state index contributed by atoms with van der Waals surface area (Å²) < 4.78 is 0. The van der Waals surface area contributed by atoms with Gasteiger partial charge < -0.3 is 4.90 Å². The molecule has 0 heterocycles. The van der Waals surface area contributed by atoms with Crippen molar-refractivity contribution in [2.24, 2.45) is 0 Å². The first-order valence-corrected chi connectivity index (χ1v) is 6.03. The van der Waals surface area contributed by atoms with Gasteiger partial charge in [0.1, 0.15) is 0 Å². The molecular weight excluding hydrogens is 194 g/mol. The summed E-state index contributed by atoms with van der Waals surface area (Å²) >= 11 is 0. The highest BCUT2D eigenvalue weighted by Crippen LogP contribution is 2.25. The fourth-order valence-corrected chi connectivity index (χ4v) is 2.08. The summed E-state index contributed by atoms with van der Waals surface area (Å²) in [7, 11) is 2.17. The molecule has 1 rings (SSSR count). The zero-order valence-corrected chi connectivity index (χ0v) is 11.2. The van der Waals surface area contributed by atoms with Crippen LogP contribution >= 0.6 is 0 Å². The molecule has 0 aromatic heterocycles. The molecule has 0 atom stereocenters. The van der Waals surface area contributed by atoms with E-state index in [1.165, 1.54) is 28.9 Å². The molecule has 0 aliphatic carbocycles. The van der Waals surface area contributed by atoms with Crippen molar-refractivity contribution < 1.29 is 0 Å². The molecule has 1 heteroatoms. The van der Waals surface area contributed by atoms with Gasteiger partial charge in [-0.15, -0.1) is 0 Å². The van der Waals surface area contributed by atoms with Crippen LogP contribution in [0.5, 0.6) is 0 Å². The first kappa shape index (κ1) is 12.8. The van der Waals surface area contributed by atoms with E-state index in [0.29, 0.717) is 0 Å². The van der Waals surface area contributed by atoms with E-state index in [1.54, 1.807) is 0 Å². The lowest BCUT2D eigenvalue weighted by Gasteiger charge is -2.26. The molecule has 0 aliphatic rings. The Morgan fingerprint density at radius 1 is 1.19 bits per heavy atom. The molecule has 1 aromatic rings. The Bertz CT molecular complexity index is 373. The summed E-state index contributed by atoms with van der Waals surface area (Å²) in [5.41, 5.74) is 5.50. The largest absolute Gasteiger partial charge is 0.348 e. The maximum atomic E-state index is 2.33. The highest BCUT2D eigenvalue weighted by molar-refractivity contribution is 5.57. The topological polar surface area (TPSA) is 3.24 Å². The Balaban J connectivity index is 3.05. The van der Waals surface area contributed by atoms with Crippen molar-refractivity contribution >= 4 is 5.69 Å². The van der Waals surface area contributed by atoms with Gasteiger partial charge in [0.25, 0.3) is 0 Å². The molecular formula is C15H23N. The quantitative estimate of drug-likeness (QED) is 0.716. The summed E-state index contributed by atoms with van der Waals surface area (Å²) in [5, 5.41) is 0. The van der Waals surface area contributed by atoms with E-state index < -0.39 is 0 Å². The van der Waals surface area contributed by atoms with Crippen LogP contribution in [0.2, 0.25) is 0 Å². The molecule has 0 aliphatic heterocycles. The fourth-order valence-electron chi connectivity index (χ4n) is 2.08. The molecule has 0 saturated heterocycles. The van der Waals surface area contributed by atoms with Crippen LogP contribution in [0.1, 0.15) is 39.2 Å². The third-order valence-electron chi connectivity index (χ3n) is 2.95. The van der Waals surface area contributed by atoms with Crippen LogP contribution in [0.25, 0.3) is 0 Å². The minimum Gasteiger partial charge on any atom is -0.348 e. The first-order chi connectivity index (χ1) is 7.57. The smallest absolute Gasteiger partial charge is 0.0435 e. The lowest BCUT2D eigenvalue weighted by atomic mass is 10.1. The zero-order chi connectivity index (χ0) is 12.1. The number of allylic oxidation sites excluding steroid dienone is 2. The van der Waals surface area contributed by atoms with Crippen molar-refractivity contribution in [3.63, 3.8) is 0 Å². The van der Waals surface area contributed by atoms with Crippen molar-refractivity contribution in [3.05, 3.63) is 41.1 Å². The zero-order valence-electron chi connectivity index (χ0n) is 11.2. The van der Waals surface area contributed by atoms with Gasteiger partial charge in [-0.3, -0.25) is 0 Å². The number of para-hydroxylation sites is 1. The van der Waals surface area contributed by atoms with E-state index in [1.807, 2.05) is 0 Å². The standard InChI is InChI=1S/C15H23N/c1-6-9-14(12(2)3)16(5)15-11-8-7-10-13(15)4/h7-8,10-11H,6,9H2,1-5H3. The molecule has 0 bridgehead atoms. The number of aryl methyl sites for hydroxylation is 1. The normalized spacial score (nSPS) is 10.1. The van der Waals surface area contributed by atoms with Crippen molar-refractivity contribution in [2.45, 2.75) is 40.5 Å². The lowest BCUT2D eigenvalue weighted by Crippen LogP contribution is -2.18. The minimum absolute atomic E-state index is 1.15. The van der Waals surface area contributed by atoms with E-state index in [-0.39, 0.29) is 0 Å². The van der Waals surface area contributed by atoms with Crippen LogP contribution in [-0.2, 0) is 0 Å². The first-order valence-electron chi connectivity index (χ1n) is 6.03. The third-order valence-corrected chi connectivity index (χ3v) is 2.95. The predicted molar refractivity (Wildman–Crippen MR) is 72.9 cm³/mol. The van der Waals surface area contributed by atoms with Crippen LogP contribution < -0.4 is 4.90 Å². The van der Waals surface area contributed by atoms with E-state index in [0.717, 1.165) is 6.42 Å². The number of anilines is 1. The second kappa shape index (κ2) is 5.74. The van der Waals surface area contributed by atoms with E-state index in [4.69, 9.17) is 0 Å². The molecule has 88 valence electrons. The maximum Gasteiger partial charge on any atom is 0.0435 e. The average molecular weight is 217 g/mol. The number of hydrogen-bond acceptors (Lipinski definition) is 1. The molecule has 0 fully saturated rings. The van der Waals surface area contributed by atoms with Crippen LogP contribution in [0.15, 0.2) is 35.5 Å². The molecule has 0 unspecified atom stereocenters. The van der Waals surface area contributed by atoms with E-state index in [9.17, 15) is 0 Å². The lowest BCUT2D eigenvalue weighted by molar-refractivity contribution is 0.842. The molecule has 0 N–H and O–H groups in total. The molecule has 1 nitrogen and oxygen atoms in total. The molecule has 0 amide bonds. The average Bonchev–Trinajstić information content (AvgIpc) is 2.25. The van der Waals surface area contributed by atoms with E-state index >= 15 is 0 Å². The number of hydrogen-bond donors (Lipinski definition) is 0. The second-order valence-corrected chi connectivity index (χ2v) is 4.54. The maximum absolute atomic E-state index is 2.33. The molecule has 16 heavy (non-hydrogen) atoms. The summed E-state index contributed by atoms with van der Waals surface area (Å²) in [5.74, 6) is 0. The molecule has 0 radical (unpaired) electrons. The summed E-state index contributed by atoms with van der Waals surface area (Å²) in [6.07, 6.45) is 2.34. The molecule has 0 spiro atoms. The van der Waals surface area contributed by atoms with Crippen LogP contribution in [0, 0.1) is 6.92 Å². The summed E-state index contributed by atoms with van der Waals surface area (Å²) in [4.78, 5) is 2.33. The van der Waals surface area contributed by atoms with Gasteiger partial charge in [0.2, 0.25) is 0 Å². The van der Waals surface area contributed by atoms with Gasteiger partial charge in [0.05, 0.1) is 0 Å². The molecule has 0 saturated carbocycles. The summed E-state index contributed by atoms with van der Waals surface area (Å²) in [6.45, 7) is 8.79. The monoisotopic (exact) mass is 217 g/mol. The summed E-state index contributed by atoms with van der Waals surface area (Å²) in [6, 6.07) is 8.55. The number of rotatable bonds is 4. The SMILES string of the molecule is CCCC(=C(C)C)N(C)c1ccccc1C. The van der Waals surface area contributed by atoms with Gasteiger partial charge in [-0.2, -0.15) is 0 Å². The highest BCUT2D eigenvalue weighted by atomic mass is 15.1. The van der Waals surface area contributed by atoms with Gasteiger partial charge in [-0.25, -0.2) is 0 Å². The Hall–Kier alpha value is -1.24. The van der Waals surface area contributed by atoms with Crippen molar-refractivity contribution in [1.82, 2.24) is 0 Å². The third kappa shape index (κ3) is 2.88. The highest BCUT2D eigenvalue weighted by Gasteiger charge is 2.09. The van der Waals surface area contributed by atoms with Gasteiger partial charge >= 0.3 is 0 Å². The van der Waals surface area contributed by atoms with Gasteiger partial charge in [0.15, 0.2) is 0 Å². The molecule has 1 aromatic carbocycles. The van der Waals surface area contributed by atoms with Gasteiger partial charge in [-0.1, -0.05) is 37.1 Å². The predicted octanol–water partition coefficient (Wildman–Crippen LogP) is 4.53. The Labute approximate surface area is 99.8 Å². The van der Waals surface area contributed by atoms with Crippen LogP contribution in [0.3, 0.4) is 0 Å². The number of nitrogens with zero attached hydrogens (tertiary/aromatic N) is 1. The Morgan fingerprint density at radius 3 is 2.31 bits per heavy atom. The van der Waals surface area contributed by atoms with Gasteiger partial charge in [-0.05, 0) is 38.8 Å². The minimum atomic E-state index is 1.15. The van der Waals surface area contributed by atoms with E-state index in [2.05, 4.69) is 63.9 Å². The second-order valence-electron chi connectivity index (χ2n) is 4.54.